The van der Waals surface area contributed by atoms with Gasteiger partial charge in [-0.15, -0.1) is 11.6 Å². The summed E-state index contributed by atoms with van der Waals surface area (Å²) in [6, 6.07) is 0. The number of nitrogens with zero attached hydrogens (tertiary/aromatic N) is 5. The van der Waals surface area contributed by atoms with Gasteiger partial charge in [0.2, 0.25) is 5.95 Å². The Bertz CT molecular complexity index is 913. The average molecular weight is 400 g/mol. The molecule has 1 fully saturated rings. The molecule has 0 radical (unpaired) electrons. The Morgan fingerprint density at radius 3 is 2.59 bits per heavy atom. The van der Waals surface area contributed by atoms with Crippen LogP contribution in [0.2, 0.25) is 0 Å². The average Bonchev–Trinajstić information content (AvgIpc) is 3.06. The smallest absolute Gasteiger partial charge is 0.332 e. The van der Waals surface area contributed by atoms with Crippen LogP contribution in [-0.2, 0) is 24.9 Å². The molecule has 1 unspecified atom stereocenters. The van der Waals surface area contributed by atoms with Gasteiger partial charge >= 0.3 is 5.69 Å². The van der Waals surface area contributed by atoms with E-state index >= 15 is 0 Å². The van der Waals surface area contributed by atoms with Gasteiger partial charge in [0.05, 0.1) is 31.7 Å². The Kier molecular flexibility index (Phi) is 6.23. The Labute approximate surface area is 161 Å². The fourth-order valence-electron chi connectivity index (χ4n) is 3.31. The molecule has 1 saturated heterocycles. The summed E-state index contributed by atoms with van der Waals surface area (Å²) in [6.45, 7) is 4.85. The van der Waals surface area contributed by atoms with E-state index in [1.165, 1.54) is 9.13 Å². The Hall–Kier alpha value is -1.84. The van der Waals surface area contributed by atoms with Crippen molar-refractivity contribution in [2.24, 2.45) is 7.05 Å². The zero-order chi connectivity index (χ0) is 19.6. The van der Waals surface area contributed by atoms with Gasteiger partial charge in [0.15, 0.2) is 11.2 Å². The number of halogens is 1. The lowest BCUT2D eigenvalue weighted by molar-refractivity contribution is 0.121. The number of hydrogen-bond donors (Lipinski definition) is 1. The molecule has 1 atom stereocenters. The summed E-state index contributed by atoms with van der Waals surface area (Å²) in [5, 5.41) is 10.1. The number of aryl methyl sites for hydroxylation is 1. The second kappa shape index (κ2) is 8.45. The number of anilines is 1. The normalized spacial score (nSPS) is 16.2. The second-order valence-electron chi connectivity index (χ2n) is 6.75. The van der Waals surface area contributed by atoms with E-state index in [2.05, 4.69) is 4.98 Å². The predicted octanol–water partition coefficient (Wildman–Crippen LogP) is 0.133. The molecule has 0 amide bonds. The lowest BCUT2D eigenvalue weighted by atomic mass is 10.3. The maximum atomic E-state index is 13.1. The summed E-state index contributed by atoms with van der Waals surface area (Å²) in [4.78, 5) is 32.4. The topological polar surface area (TPSA) is 94.5 Å². The number of aromatic nitrogens is 4. The highest BCUT2D eigenvalue weighted by molar-refractivity contribution is 6.18. The first-order valence-electron chi connectivity index (χ1n) is 9.26. The molecule has 150 valence electrons. The van der Waals surface area contributed by atoms with Gasteiger partial charge in [0.25, 0.3) is 5.56 Å². The van der Waals surface area contributed by atoms with Gasteiger partial charge in [-0.1, -0.05) is 13.3 Å². The van der Waals surface area contributed by atoms with Gasteiger partial charge < -0.3 is 19.3 Å². The molecule has 9 nitrogen and oxygen atoms in total. The monoisotopic (exact) mass is 399 g/mol. The van der Waals surface area contributed by atoms with Crippen LogP contribution in [0.15, 0.2) is 9.59 Å². The summed E-state index contributed by atoms with van der Waals surface area (Å²) < 4.78 is 9.74. The minimum absolute atomic E-state index is 0.0397. The molecule has 27 heavy (non-hydrogen) atoms. The van der Waals surface area contributed by atoms with Crippen LogP contribution in [0.4, 0.5) is 5.95 Å². The van der Waals surface area contributed by atoms with Crippen molar-refractivity contribution >= 4 is 28.7 Å². The van der Waals surface area contributed by atoms with E-state index in [-0.39, 0.29) is 23.7 Å². The molecular formula is C17H26ClN5O4. The van der Waals surface area contributed by atoms with Crippen LogP contribution >= 0.6 is 11.6 Å². The highest BCUT2D eigenvalue weighted by atomic mass is 35.5. The molecule has 0 saturated carbocycles. The Morgan fingerprint density at radius 2 is 1.96 bits per heavy atom. The first kappa shape index (κ1) is 19.9. The summed E-state index contributed by atoms with van der Waals surface area (Å²) in [7, 11) is 1.62. The molecule has 0 bridgehead atoms. The van der Waals surface area contributed by atoms with Crippen molar-refractivity contribution in [1.82, 2.24) is 18.7 Å². The van der Waals surface area contributed by atoms with Crippen LogP contribution in [-0.4, -0.2) is 62.1 Å². The van der Waals surface area contributed by atoms with Gasteiger partial charge in [-0.2, -0.15) is 4.98 Å². The van der Waals surface area contributed by atoms with Crippen molar-refractivity contribution in [3.63, 3.8) is 0 Å². The summed E-state index contributed by atoms with van der Waals surface area (Å²) in [5.74, 6) is 0.593. The predicted molar refractivity (Wildman–Crippen MR) is 104 cm³/mol. The van der Waals surface area contributed by atoms with E-state index in [0.29, 0.717) is 50.0 Å². The van der Waals surface area contributed by atoms with Gasteiger partial charge in [-0.05, 0) is 6.42 Å². The Morgan fingerprint density at radius 1 is 1.26 bits per heavy atom. The number of fused-ring (bicyclic) bond motifs is 1. The lowest BCUT2D eigenvalue weighted by Gasteiger charge is -2.28. The van der Waals surface area contributed by atoms with Crippen LogP contribution in [0.25, 0.3) is 11.2 Å². The van der Waals surface area contributed by atoms with E-state index in [1.807, 2.05) is 11.8 Å². The number of hydrogen-bond acceptors (Lipinski definition) is 6. The third kappa shape index (κ3) is 3.76. The summed E-state index contributed by atoms with van der Waals surface area (Å²) in [6.07, 6.45) is 0.774. The van der Waals surface area contributed by atoms with E-state index in [1.54, 1.807) is 11.6 Å². The number of aliphatic hydroxyl groups is 1. The highest BCUT2D eigenvalue weighted by Crippen LogP contribution is 2.21. The quantitative estimate of drug-likeness (QED) is 0.665. The lowest BCUT2D eigenvalue weighted by Crippen LogP contribution is -2.40. The number of morpholine rings is 1. The fourth-order valence-corrected chi connectivity index (χ4v) is 3.41. The van der Waals surface area contributed by atoms with Crippen molar-refractivity contribution in [2.75, 3.05) is 37.1 Å². The molecule has 3 rings (SSSR count). The number of alkyl halides is 1. The van der Waals surface area contributed by atoms with E-state index in [9.17, 15) is 14.7 Å². The van der Waals surface area contributed by atoms with Crippen molar-refractivity contribution in [2.45, 2.75) is 39.0 Å². The van der Waals surface area contributed by atoms with Crippen LogP contribution in [0.3, 0.4) is 0 Å². The number of aliphatic hydroxyl groups excluding tert-OH is 1. The molecule has 10 heteroatoms. The molecule has 0 spiro atoms. The van der Waals surface area contributed by atoms with Crippen LogP contribution in [0.1, 0.15) is 19.8 Å². The molecule has 3 heterocycles. The van der Waals surface area contributed by atoms with Crippen LogP contribution in [0, 0.1) is 0 Å². The van der Waals surface area contributed by atoms with Gasteiger partial charge in [-0.25, -0.2) is 4.79 Å². The molecule has 2 aromatic heterocycles. The minimum Gasteiger partial charge on any atom is -0.390 e. The zero-order valence-electron chi connectivity index (χ0n) is 15.7. The molecule has 0 aromatic carbocycles. The van der Waals surface area contributed by atoms with Crippen molar-refractivity contribution in [3.8, 4) is 0 Å². The largest absolute Gasteiger partial charge is 0.390 e. The first-order chi connectivity index (χ1) is 13.0. The van der Waals surface area contributed by atoms with Crippen molar-refractivity contribution in [3.05, 3.63) is 20.8 Å². The molecule has 0 aliphatic carbocycles. The van der Waals surface area contributed by atoms with Gasteiger partial charge in [0.1, 0.15) is 0 Å². The SMILES string of the molecule is CCCCn1c(=O)c2c(nc(N3CCOCC3)n2CC(O)CCl)n(C)c1=O. The van der Waals surface area contributed by atoms with Crippen molar-refractivity contribution < 1.29 is 9.84 Å². The van der Waals surface area contributed by atoms with E-state index in [4.69, 9.17) is 16.3 Å². The summed E-state index contributed by atoms with van der Waals surface area (Å²) in [5.41, 5.74) is -0.118. The molecule has 1 N–H and O–H groups in total. The van der Waals surface area contributed by atoms with Gasteiger partial charge in [0, 0.05) is 26.7 Å². The minimum atomic E-state index is -0.829. The molecule has 1 aliphatic rings. The maximum Gasteiger partial charge on any atom is 0.332 e. The third-order valence-electron chi connectivity index (χ3n) is 4.81. The van der Waals surface area contributed by atoms with Crippen LogP contribution < -0.4 is 16.1 Å². The second-order valence-corrected chi connectivity index (χ2v) is 7.06. The highest BCUT2D eigenvalue weighted by Gasteiger charge is 2.25. The summed E-state index contributed by atoms with van der Waals surface area (Å²) >= 11 is 5.80. The first-order valence-corrected chi connectivity index (χ1v) is 9.79. The third-order valence-corrected chi connectivity index (χ3v) is 5.17. The number of imidazole rings is 1. The molecular weight excluding hydrogens is 374 g/mol. The standard InChI is InChI=1S/C17H26ClN5O4/c1-3-4-5-22-15(25)13-14(20(2)17(22)26)19-16(21-6-8-27-9-7-21)23(13)11-12(24)10-18/h12,24H,3-11H2,1-2H3. The van der Waals surface area contributed by atoms with E-state index in [0.717, 1.165) is 12.8 Å². The number of ether oxygens (including phenoxy) is 1. The Balaban J connectivity index is 2.24. The fraction of sp³-hybridized carbons (Fsp3) is 0.706. The van der Waals surface area contributed by atoms with E-state index < -0.39 is 6.10 Å². The van der Waals surface area contributed by atoms with Gasteiger partial charge in [-0.3, -0.25) is 13.9 Å². The zero-order valence-corrected chi connectivity index (χ0v) is 16.5. The maximum absolute atomic E-state index is 13.1. The van der Waals surface area contributed by atoms with Crippen molar-refractivity contribution in [1.29, 1.82) is 0 Å². The number of rotatable bonds is 7. The number of unbranched alkanes of at least 4 members (excludes halogenated alkanes) is 1. The molecule has 2 aromatic rings. The molecule has 1 aliphatic heterocycles. The van der Waals surface area contributed by atoms with Crippen LogP contribution in [0.5, 0.6) is 0 Å².